The van der Waals surface area contributed by atoms with Gasteiger partial charge in [0.05, 0.1) is 5.60 Å². The maximum Gasteiger partial charge on any atom is 0.256 e. The highest BCUT2D eigenvalue weighted by Gasteiger charge is 2.36. The van der Waals surface area contributed by atoms with Gasteiger partial charge in [0.15, 0.2) is 5.60 Å². The molecule has 0 radical (unpaired) electrons. The summed E-state index contributed by atoms with van der Waals surface area (Å²) >= 11 is 5.83. The Morgan fingerprint density at radius 2 is 2.05 bits per heavy atom. The van der Waals surface area contributed by atoms with E-state index in [1.165, 1.54) is 6.92 Å². The first-order valence-corrected chi connectivity index (χ1v) is 7.52. The second kappa shape index (κ2) is 5.95. The van der Waals surface area contributed by atoms with Gasteiger partial charge in [-0.05, 0) is 51.3 Å². The van der Waals surface area contributed by atoms with Crippen molar-refractivity contribution in [3.8, 4) is 0 Å². The van der Waals surface area contributed by atoms with E-state index in [9.17, 15) is 9.90 Å². The van der Waals surface area contributed by atoms with E-state index in [0.717, 1.165) is 12.8 Å². The van der Waals surface area contributed by atoms with Gasteiger partial charge in [-0.1, -0.05) is 23.7 Å². The Morgan fingerprint density at radius 3 is 2.62 bits per heavy atom. The van der Waals surface area contributed by atoms with E-state index in [0.29, 0.717) is 17.2 Å². The van der Waals surface area contributed by atoms with Crippen LogP contribution in [0.25, 0.3) is 0 Å². The highest BCUT2D eigenvalue weighted by atomic mass is 35.5. The van der Waals surface area contributed by atoms with Crippen molar-refractivity contribution in [1.82, 2.24) is 5.32 Å². The summed E-state index contributed by atoms with van der Waals surface area (Å²) in [6.45, 7) is 6.11. The van der Waals surface area contributed by atoms with Gasteiger partial charge in [0.25, 0.3) is 5.91 Å². The third kappa shape index (κ3) is 3.96. The molecule has 0 unspecified atom stereocenters. The topological polar surface area (TPSA) is 58.6 Å². The van der Waals surface area contributed by atoms with Gasteiger partial charge in [0.2, 0.25) is 0 Å². The standard InChI is InChI=1S/C16H22ClNO3/c1-15(2)10-13(8-9-21-15)18-14(19)16(3,20)11-4-6-12(17)7-5-11/h4-7,13,20H,8-10H2,1-3H3,(H,18,19)/t13-,16-/m1/s1. The third-order valence-corrected chi connectivity index (χ3v) is 4.13. The molecule has 1 aliphatic heterocycles. The minimum absolute atomic E-state index is 0.0139. The van der Waals surface area contributed by atoms with Crippen molar-refractivity contribution in [3.63, 3.8) is 0 Å². The molecule has 1 saturated heterocycles. The number of carbonyl (C=O) groups is 1. The molecule has 1 aliphatic rings. The smallest absolute Gasteiger partial charge is 0.256 e. The molecule has 0 bridgehead atoms. The molecule has 1 fully saturated rings. The zero-order valence-electron chi connectivity index (χ0n) is 12.6. The lowest BCUT2D eigenvalue weighted by Gasteiger charge is -2.37. The van der Waals surface area contributed by atoms with Gasteiger partial charge in [0.1, 0.15) is 0 Å². The van der Waals surface area contributed by atoms with Crippen LogP contribution in [0, 0.1) is 0 Å². The minimum atomic E-state index is -1.58. The maximum absolute atomic E-state index is 12.4. The summed E-state index contributed by atoms with van der Waals surface area (Å²) in [5.41, 5.74) is -1.30. The highest BCUT2D eigenvalue weighted by Crippen LogP contribution is 2.26. The van der Waals surface area contributed by atoms with E-state index in [-0.39, 0.29) is 11.6 Å². The van der Waals surface area contributed by atoms with Gasteiger partial charge >= 0.3 is 0 Å². The molecule has 4 nitrogen and oxygen atoms in total. The first-order valence-electron chi connectivity index (χ1n) is 7.14. The lowest BCUT2D eigenvalue weighted by atomic mass is 9.91. The van der Waals surface area contributed by atoms with Crippen molar-refractivity contribution in [3.05, 3.63) is 34.9 Å². The summed E-state index contributed by atoms with van der Waals surface area (Å²) in [5.74, 6) is -0.396. The van der Waals surface area contributed by atoms with Gasteiger partial charge in [-0.3, -0.25) is 4.79 Å². The molecule has 1 aromatic carbocycles. The van der Waals surface area contributed by atoms with Gasteiger partial charge in [0, 0.05) is 17.7 Å². The van der Waals surface area contributed by atoms with E-state index in [4.69, 9.17) is 16.3 Å². The van der Waals surface area contributed by atoms with Crippen LogP contribution in [0.1, 0.15) is 39.2 Å². The van der Waals surface area contributed by atoms with Crippen molar-refractivity contribution in [1.29, 1.82) is 0 Å². The molecule has 1 aromatic rings. The first-order chi connectivity index (χ1) is 9.71. The number of nitrogens with one attached hydrogen (secondary N) is 1. The van der Waals surface area contributed by atoms with E-state index in [1.54, 1.807) is 24.3 Å². The van der Waals surface area contributed by atoms with Crippen molar-refractivity contribution < 1.29 is 14.6 Å². The molecule has 5 heteroatoms. The second-order valence-electron chi connectivity index (χ2n) is 6.35. The Morgan fingerprint density at radius 1 is 1.43 bits per heavy atom. The van der Waals surface area contributed by atoms with Crippen LogP contribution in [0.5, 0.6) is 0 Å². The number of carbonyl (C=O) groups excluding carboxylic acids is 1. The van der Waals surface area contributed by atoms with Gasteiger partial charge in [-0.25, -0.2) is 0 Å². The number of amides is 1. The third-order valence-electron chi connectivity index (χ3n) is 3.88. The van der Waals surface area contributed by atoms with Crippen LogP contribution >= 0.6 is 11.6 Å². The van der Waals surface area contributed by atoms with Crippen LogP contribution in [-0.4, -0.2) is 29.3 Å². The fourth-order valence-electron chi connectivity index (χ4n) is 2.59. The summed E-state index contributed by atoms with van der Waals surface area (Å²) in [6, 6.07) is 6.66. The number of benzene rings is 1. The average molecular weight is 312 g/mol. The summed E-state index contributed by atoms with van der Waals surface area (Å²) in [6.07, 6.45) is 1.49. The van der Waals surface area contributed by atoms with Crippen LogP contribution < -0.4 is 5.32 Å². The molecular weight excluding hydrogens is 290 g/mol. The number of rotatable bonds is 3. The molecule has 2 rings (SSSR count). The quantitative estimate of drug-likeness (QED) is 0.902. The molecule has 21 heavy (non-hydrogen) atoms. The summed E-state index contributed by atoms with van der Waals surface area (Å²) < 4.78 is 5.63. The Balaban J connectivity index is 2.06. The largest absolute Gasteiger partial charge is 0.376 e. The zero-order valence-corrected chi connectivity index (χ0v) is 13.4. The number of halogens is 1. The SMILES string of the molecule is CC1(C)C[C@H](NC(=O)[C@](C)(O)c2ccc(Cl)cc2)CCO1. The van der Waals surface area contributed by atoms with Crippen molar-refractivity contribution in [2.24, 2.45) is 0 Å². The van der Waals surface area contributed by atoms with E-state index < -0.39 is 11.5 Å². The molecule has 0 spiro atoms. The summed E-state index contributed by atoms with van der Waals surface area (Å²) in [7, 11) is 0. The predicted molar refractivity (Wildman–Crippen MR) is 82.2 cm³/mol. The Hall–Kier alpha value is -1.10. The lowest BCUT2D eigenvalue weighted by Crippen LogP contribution is -2.51. The Labute approximate surface area is 130 Å². The van der Waals surface area contributed by atoms with Crippen LogP contribution in [-0.2, 0) is 15.1 Å². The fraction of sp³-hybridized carbons (Fsp3) is 0.562. The first kappa shape index (κ1) is 16.3. The maximum atomic E-state index is 12.4. The number of ether oxygens (including phenoxy) is 1. The van der Waals surface area contributed by atoms with Crippen LogP contribution in [0.4, 0.5) is 0 Å². The Bertz CT molecular complexity index is 511. The monoisotopic (exact) mass is 311 g/mol. The second-order valence-corrected chi connectivity index (χ2v) is 6.79. The average Bonchev–Trinajstić information content (AvgIpc) is 2.38. The van der Waals surface area contributed by atoms with E-state index >= 15 is 0 Å². The van der Waals surface area contributed by atoms with E-state index in [2.05, 4.69) is 5.32 Å². The Kier molecular flexibility index (Phi) is 4.61. The molecule has 0 aromatic heterocycles. The van der Waals surface area contributed by atoms with Crippen LogP contribution in [0.3, 0.4) is 0 Å². The number of hydrogen-bond donors (Lipinski definition) is 2. The zero-order chi connectivity index (χ0) is 15.7. The molecule has 2 atom stereocenters. The predicted octanol–water partition coefficient (Wildman–Crippen LogP) is 2.62. The van der Waals surface area contributed by atoms with Crippen LogP contribution in [0.15, 0.2) is 24.3 Å². The van der Waals surface area contributed by atoms with Crippen molar-refractivity contribution in [2.75, 3.05) is 6.61 Å². The number of hydrogen-bond acceptors (Lipinski definition) is 3. The molecule has 0 aliphatic carbocycles. The highest BCUT2D eigenvalue weighted by molar-refractivity contribution is 6.30. The molecule has 0 saturated carbocycles. The molecule has 1 amide bonds. The molecule has 1 heterocycles. The van der Waals surface area contributed by atoms with Gasteiger partial charge in [-0.2, -0.15) is 0 Å². The minimum Gasteiger partial charge on any atom is -0.376 e. The molecule has 116 valence electrons. The lowest BCUT2D eigenvalue weighted by molar-refractivity contribution is -0.141. The van der Waals surface area contributed by atoms with Crippen molar-refractivity contribution >= 4 is 17.5 Å². The molecular formula is C16H22ClNO3. The van der Waals surface area contributed by atoms with Crippen LogP contribution in [0.2, 0.25) is 5.02 Å². The summed E-state index contributed by atoms with van der Waals surface area (Å²) in [5, 5.41) is 14.0. The normalized spacial score (nSPS) is 24.1. The van der Waals surface area contributed by atoms with E-state index in [1.807, 2.05) is 13.8 Å². The number of aliphatic hydroxyl groups is 1. The fourth-order valence-corrected chi connectivity index (χ4v) is 2.71. The van der Waals surface area contributed by atoms with Gasteiger partial charge in [-0.15, -0.1) is 0 Å². The molecule has 2 N–H and O–H groups in total. The summed E-state index contributed by atoms with van der Waals surface area (Å²) in [4.78, 5) is 12.4. The van der Waals surface area contributed by atoms with Crippen molar-refractivity contribution in [2.45, 2.75) is 50.9 Å². The van der Waals surface area contributed by atoms with Gasteiger partial charge < -0.3 is 15.2 Å².